The summed E-state index contributed by atoms with van der Waals surface area (Å²) in [7, 11) is 0. The molecule has 1 unspecified atom stereocenters. The summed E-state index contributed by atoms with van der Waals surface area (Å²) in [5, 5.41) is 0. The molecule has 4 heteroatoms. The predicted molar refractivity (Wildman–Crippen MR) is 73.4 cm³/mol. The minimum atomic E-state index is 0.251. The summed E-state index contributed by atoms with van der Waals surface area (Å²) >= 11 is 1.78. The van der Waals surface area contributed by atoms with Gasteiger partial charge in [0.2, 0.25) is 0 Å². The van der Waals surface area contributed by atoms with Crippen molar-refractivity contribution < 1.29 is 0 Å². The van der Waals surface area contributed by atoms with Crippen LogP contribution in [-0.4, -0.2) is 35.6 Å². The van der Waals surface area contributed by atoms with Crippen LogP contribution in [0, 0.1) is 12.3 Å². The molecule has 1 aliphatic rings. The molecular formula is C13H23N3S. The van der Waals surface area contributed by atoms with E-state index in [4.69, 9.17) is 5.73 Å². The number of hydrogen-bond acceptors (Lipinski definition) is 4. The van der Waals surface area contributed by atoms with E-state index >= 15 is 0 Å². The summed E-state index contributed by atoms with van der Waals surface area (Å²) in [6.07, 6.45) is 2.25. The second kappa shape index (κ2) is 5.04. The van der Waals surface area contributed by atoms with Crippen molar-refractivity contribution in [2.75, 3.05) is 19.6 Å². The SMILES string of the molecule is Cc1ncsc1CCN1CCC(N)C(C)(C)C1. The Labute approximate surface area is 108 Å². The number of nitrogens with two attached hydrogens (primary N) is 1. The molecule has 0 aromatic carbocycles. The number of hydrogen-bond donors (Lipinski definition) is 1. The molecule has 2 N–H and O–H groups in total. The zero-order valence-corrected chi connectivity index (χ0v) is 11.9. The number of likely N-dealkylation sites (tertiary alicyclic amines) is 1. The maximum absolute atomic E-state index is 6.15. The fourth-order valence-electron chi connectivity index (χ4n) is 2.50. The van der Waals surface area contributed by atoms with Crippen LogP contribution < -0.4 is 5.73 Å². The van der Waals surface area contributed by atoms with Crippen LogP contribution in [0.4, 0.5) is 0 Å². The summed E-state index contributed by atoms with van der Waals surface area (Å²) in [4.78, 5) is 8.27. The summed E-state index contributed by atoms with van der Waals surface area (Å²) in [6.45, 7) is 10.1. The van der Waals surface area contributed by atoms with Crippen molar-refractivity contribution in [3.05, 3.63) is 16.1 Å². The molecule has 17 heavy (non-hydrogen) atoms. The van der Waals surface area contributed by atoms with Crippen molar-refractivity contribution in [3.8, 4) is 0 Å². The molecule has 1 atom stereocenters. The zero-order valence-electron chi connectivity index (χ0n) is 11.1. The lowest BCUT2D eigenvalue weighted by molar-refractivity contribution is 0.0966. The van der Waals surface area contributed by atoms with Gasteiger partial charge in [-0.05, 0) is 31.7 Å². The first-order chi connectivity index (χ1) is 7.99. The Bertz CT molecular complexity index is 372. The lowest BCUT2D eigenvalue weighted by atomic mass is 9.79. The minimum Gasteiger partial charge on any atom is -0.327 e. The maximum atomic E-state index is 6.15. The molecule has 1 aliphatic heterocycles. The van der Waals surface area contributed by atoms with Gasteiger partial charge in [-0.25, -0.2) is 4.98 Å². The molecule has 96 valence electrons. The molecule has 1 saturated heterocycles. The highest BCUT2D eigenvalue weighted by molar-refractivity contribution is 7.09. The van der Waals surface area contributed by atoms with E-state index in [1.54, 1.807) is 11.3 Å². The van der Waals surface area contributed by atoms with Gasteiger partial charge in [-0.1, -0.05) is 13.8 Å². The quantitative estimate of drug-likeness (QED) is 0.896. The minimum absolute atomic E-state index is 0.251. The van der Waals surface area contributed by atoms with Crippen LogP contribution in [0.15, 0.2) is 5.51 Å². The summed E-state index contributed by atoms with van der Waals surface area (Å²) in [6, 6.07) is 0.351. The number of aromatic nitrogens is 1. The second-order valence-electron chi connectivity index (χ2n) is 5.77. The first-order valence-electron chi connectivity index (χ1n) is 6.36. The van der Waals surface area contributed by atoms with Gasteiger partial charge in [0.05, 0.1) is 11.2 Å². The summed E-state index contributed by atoms with van der Waals surface area (Å²) in [5.74, 6) is 0. The molecule has 3 nitrogen and oxygen atoms in total. The lowest BCUT2D eigenvalue weighted by Crippen LogP contribution is -2.52. The van der Waals surface area contributed by atoms with Gasteiger partial charge < -0.3 is 10.6 Å². The average Bonchev–Trinajstić information content (AvgIpc) is 2.66. The van der Waals surface area contributed by atoms with Crippen LogP contribution in [0.3, 0.4) is 0 Å². The standard InChI is InChI=1S/C13H23N3S/c1-10-11(17-9-15-10)4-6-16-7-5-12(14)13(2,3)8-16/h9,12H,4-8,14H2,1-3H3. The third-order valence-corrected chi connectivity index (χ3v) is 4.89. The number of thiazole rings is 1. The van der Waals surface area contributed by atoms with Crippen LogP contribution >= 0.6 is 11.3 Å². The summed E-state index contributed by atoms with van der Waals surface area (Å²) in [5.41, 5.74) is 9.55. The van der Waals surface area contributed by atoms with E-state index in [0.29, 0.717) is 6.04 Å². The van der Waals surface area contributed by atoms with Crippen LogP contribution in [-0.2, 0) is 6.42 Å². The number of nitrogens with zero attached hydrogens (tertiary/aromatic N) is 2. The predicted octanol–water partition coefficient (Wildman–Crippen LogP) is 2.05. The van der Waals surface area contributed by atoms with E-state index in [1.165, 1.54) is 10.6 Å². The first-order valence-corrected chi connectivity index (χ1v) is 7.24. The van der Waals surface area contributed by atoms with E-state index in [2.05, 4.69) is 30.7 Å². The van der Waals surface area contributed by atoms with Crippen molar-refractivity contribution in [1.82, 2.24) is 9.88 Å². The van der Waals surface area contributed by atoms with Gasteiger partial charge in [0.15, 0.2) is 0 Å². The topological polar surface area (TPSA) is 42.2 Å². The van der Waals surface area contributed by atoms with Crippen molar-refractivity contribution >= 4 is 11.3 Å². The molecule has 1 fully saturated rings. The fourth-order valence-corrected chi connectivity index (χ4v) is 3.27. The van der Waals surface area contributed by atoms with Gasteiger partial charge in [0.1, 0.15) is 0 Å². The fraction of sp³-hybridized carbons (Fsp3) is 0.769. The van der Waals surface area contributed by atoms with Gasteiger partial charge in [-0.3, -0.25) is 0 Å². The van der Waals surface area contributed by atoms with Crippen LogP contribution in [0.2, 0.25) is 0 Å². The van der Waals surface area contributed by atoms with Gasteiger partial charge in [-0.15, -0.1) is 11.3 Å². The normalized spacial score (nSPS) is 25.1. The van der Waals surface area contributed by atoms with Crippen molar-refractivity contribution in [3.63, 3.8) is 0 Å². The Balaban J connectivity index is 1.87. The Hall–Kier alpha value is -0.450. The number of aryl methyl sites for hydroxylation is 1. The molecule has 1 aromatic rings. The first kappa shape index (κ1) is 13.0. The largest absolute Gasteiger partial charge is 0.327 e. The highest BCUT2D eigenvalue weighted by Crippen LogP contribution is 2.27. The Morgan fingerprint density at radius 3 is 2.94 bits per heavy atom. The molecule has 0 amide bonds. The third kappa shape index (κ3) is 3.06. The smallest absolute Gasteiger partial charge is 0.0797 e. The molecule has 0 spiro atoms. The van der Waals surface area contributed by atoms with Crippen LogP contribution in [0.1, 0.15) is 30.8 Å². The van der Waals surface area contributed by atoms with Crippen molar-refractivity contribution in [2.45, 2.75) is 39.7 Å². The van der Waals surface area contributed by atoms with Gasteiger partial charge in [0.25, 0.3) is 0 Å². The number of rotatable bonds is 3. The van der Waals surface area contributed by atoms with E-state index in [9.17, 15) is 0 Å². The molecular weight excluding hydrogens is 230 g/mol. The highest BCUT2D eigenvalue weighted by atomic mass is 32.1. The number of piperidine rings is 1. The van der Waals surface area contributed by atoms with Gasteiger partial charge in [0, 0.05) is 24.0 Å². The summed E-state index contributed by atoms with van der Waals surface area (Å²) < 4.78 is 0. The van der Waals surface area contributed by atoms with E-state index < -0.39 is 0 Å². The van der Waals surface area contributed by atoms with Gasteiger partial charge >= 0.3 is 0 Å². The second-order valence-corrected chi connectivity index (χ2v) is 6.71. The molecule has 1 aromatic heterocycles. The average molecular weight is 253 g/mol. The zero-order chi connectivity index (χ0) is 12.5. The van der Waals surface area contributed by atoms with Crippen molar-refractivity contribution in [1.29, 1.82) is 0 Å². The Morgan fingerprint density at radius 1 is 1.59 bits per heavy atom. The molecule has 2 rings (SSSR count). The molecule has 0 saturated carbocycles. The van der Waals surface area contributed by atoms with E-state index in [1.807, 2.05) is 5.51 Å². The van der Waals surface area contributed by atoms with E-state index in [-0.39, 0.29) is 5.41 Å². The van der Waals surface area contributed by atoms with Crippen molar-refractivity contribution in [2.24, 2.45) is 11.1 Å². The maximum Gasteiger partial charge on any atom is 0.0797 e. The highest BCUT2D eigenvalue weighted by Gasteiger charge is 2.32. The third-order valence-electron chi connectivity index (χ3n) is 3.89. The van der Waals surface area contributed by atoms with E-state index in [0.717, 1.165) is 32.5 Å². The molecule has 0 radical (unpaired) electrons. The Morgan fingerprint density at radius 2 is 2.35 bits per heavy atom. The Kier molecular flexibility index (Phi) is 3.85. The lowest BCUT2D eigenvalue weighted by Gasteiger charge is -2.42. The molecule has 0 aliphatic carbocycles. The monoisotopic (exact) mass is 253 g/mol. The van der Waals surface area contributed by atoms with Gasteiger partial charge in [-0.2, -0.15) is 0 Å². The van der Waals surface area contributed by atoms with Crippen LogP contribution in [0.25, 0.3) is 0 Å². The molecule has 0 bridgehead atoms. The molecule has 2 heterocycles. The van der Waals surface area contributed by atoms with Crippen LogP contribution in [0.5, 0.6) is 0 Å².